The SMILES string of the molecule is CC(=O)c1ccc(OCCCC(=O)NC2(C(=O)O)CCOCC2)cc1. The fourth-order valence-electron chi connectivity index (χ4n) is 2.65. The van der Waals surface area contributed by atoms with E-state index in [1.54, 1.807) is 24.3 Å². The van der Waals surface area contributed by atoms with E-state index in [2.05, 4.69) is 5.32 Å². The van der Waals surface area contributed by atoms with Gasteiger partial charge in [-0.1, -0.05) is 0 Å². The molecule has 1 fully saturated rings. The lowest BCUT2D eigenvalue weighted by molar-refractivity contribution is -0.152. The maximum absolute atomic E-state index is 12.0. The fourth-order valence-corrected chi connectivity index (χ4v) is 2.65. The van der Waals surface area contributed by atoms with Crippen molar-refractivity contribution in [2.24, 2.45) is 0 Å². The Labute approximate surface area is 146 Å². The van der Waals surface area contributed by atoms with Crippen LogP contribution in [-0.2, 0) is 14.3 Å². The highest BCUT2D eigenvalue weighted by Gasteiger charge is 2.41. The maximum Gasteiger partial charge on any atom is 0.329 e. The third-order valence-corrected chi connectivity index (χ3v) is 4.21. The highest BCUT2D eigenvalue weighted by Crippen LogP contribution is 2.21. The lowest BCUT2D eigenvalue weighted by atomic mass is 9.90. The molecule has 0 aliphatic carbocycles. The fraction of sp³-hybridized carbons (Fsp3) is 0.500. The summed E-state index contributed by atoms with van der Waals surface area (Å²) in [6.07, 6.45) is 1.19. The summed E-state index contributed by atoms with van der Waals surface area (Å²) in [5.74, 6) is -0.716. The minimum Gasteiger partial charge on any atom is -0.494 e. The van der Waals surface area contributed by atoms with Crippen molar-refractivity contribution in [3.05, 3.63) is 29.8 Å². The van der Waals surface area contributed by atoms with Crippen LogP contribution in [-0.4, -0.2) is 48.1 Å². The minimum absolute atomic E-state index is 0.0105. The molecule has 0 aromatic heterocycles. The predicted octanol–water partition coefficient (Wildman–Crippen LogP) is 1.80. The maximum atomic E-state index is 12.0. The predicted molar refractivity (Wildman–Crippen MR) is 89.7 cm³/mol. The van der Waals surface area contributed by atoms with E-state index < -0.39 is 11.5 Å². The van der Waals surface area contributed by atoms with Crippen LogP contribution in [0.5, 0.6) is 5.75 Å². The highest BCUT2D eigenvalue weighted by molar-refractivity contribution is 5.94. The molecule has 1 aromatic carbocycles. The van der Waals surface area contributed by atoms with E-state index in [0.29, 0.717) is 37.6 Å². The number of carbonyl (C=O) groups excluding carboxylic acids is 2. The van der Waals surface area contributed by atoms with Crippen LogP contribution in [0.3, 0.4) is 0 Å². The van der Waals surface area contributed by atoms with Gasteiger partial charge in [-0.3, -0.25) is 9.59 Å². The second kappa shape index (κ2) is 8.62. The Morgan fingerprint density at radius 1 is 1.20 bits per heavy atom. The quantitative estimate of drug-likeness (QED) is 0.548. The third kappa shape index (κ3) is 5.29. The number of ketones is 1. The Morgan fingerprint density at radius 3 is 2.40 bits per heavy atom. The Balaban J connectivity index is 1.74. The van der Waals surface area contributed by atoms with Crippen molar-refractivity contribution >= 4 is 17.7 Å². The molecule has 1 amide bonds. The molecule has 2 N–H and O–H groups in total. The van der Waals surface area contributed by atoms with E-state index in [4.69, 9.17) is 9.47 Å². The second-order valence-electron chi connectivity index (χ2n) is 6.08. The first-order valence-electron chi connectivity index (χ1n) is 8.29. The summed E-state index contributed by atoms with van der Waals surface area (Å²) in [7, 11) is 0. The average molecular weight is 349 g/mol. The molecule has 136 valence electrons. The number of benzene rings is 1. The smallest absolute Gasteiger partial charge is 0.329 e. The topological polar surface area (TPSA) is 102 Å². The number of hydrogen-bond acceptors (Lipinski definition) is 5. The molecule has 0 atom stereocenters. The van der Waals surface area contributed by atoms with Gasteiger partial charge in [0.25, 0.3) is 0 Å². The molecule has 0 radical (unpaired) electrons. The van der Waals surface area contributed by atoms with Crippen molar-refractivity contribution in [1.82, 2.24) is 5.32 Å². The van der Waals surface area contributed by atoms with Crippen molar-refractivity contribution < 1.29 is 29.0 Å². The van der Waals surface area contributed by atoms with E-state index in [9.17, 15) is 19.5 Å². The monoisotopic (exact) mass is 349 g/mol. The lowest BCUT2D eigenvalue weighted by Gasteiger charge is -2.33. The zero-order valence-electron chi connectivity index (χ0n) is 14.2. The Morgan fingerprint density at radius 2 is 1.84 bits per heavy atom. The highest BCUT2D eigenvalue weighted by atomic mass is 16.5. The summed E-state index contributed by atoms with van der Waals surface area (Å²) >= 11 is 0. The summed E-state index contributed by atoms with van der Waals surface area (Å²) in [6.45, 7) is 2.48. The molecule has 2 rings (SSSR count). The van der Waals surface area contributed by atoms with Gasteiger partial charge < -0.3 is 19.9 Å². The molecule has 1 saturated heterocycles. The van der Waals surface area contributed by atoms with Gasteiger partial charge in [0.05, 0.1) is 6.61 Å². The van der Waals surface area contributed by atoms with Gasteiger partial charge in [-0.2, -0.15) is 0 Å². The lowest BCUT2D eigenvalue weighted by Crippen LogP contribution is -2.57. The van der Waals surface area contributed by atoms with E-state index >= 15 is 0 Å². The first-order chi connectivity index (χ1) is 11.9. The first-order valence-corrected chi connectivity index (χ1v) is 8.29. The van der Waals surface area contributed by atoms with Gasteiger partial charge in [0, 0.05) is 38.0 Å². The number of carbonyl (C=O) groups is 3. The minimum atomic E-state index is -1.22. The van der Waals surface area contributed by atoms with Crippen molar-refractivity contribution in [3.63, 3.8) is 0 Å². The third-order valence-electron chi connectivity index (χ3n) is 4.21. The number of hydrogen-bond donors (Lipinski definition) is 2. The van der Waals surface area contributed by atoms with Crippen molar-refractivity contribution in [2.45, 2.75) is 38.1 Å². The first kappa shape index (κ1) is 18.9. The van der Waals surface area contributed by atoms with Gasteiger partial charge >= 0.3 is 5.97 Å². The zero-order chi connectivity index (χ0) is 18.3. The van der Waals surface area contributed by atoms with Crippen molar-refractivity contribution in [3.8, 4) is 5.75 Å². The summed E-state index contributed by atoms with van der Waals surface area (Å²) in [5, 5.41) is 12.0. The number of Topliss-reactive ketones (excluding diaryl/α,β-unsaturated/α-hetero) is 1. The molecule has 0 unspecified atom stereocenters. The summed E-state index contributed by atoms with van der Waals surface area (Å²) in [4.78, 5) is 34.7. The van der Waals surface area contributed by atoms with Crippen molar-refractivity contribution in [1.29, 1.82) is 0 Å². The zero-order valence-corrected chi connectivity index (χ0v) is 14.2. The molecule has 25 heavy (non-hydrogen) atoms. The van der Waals surface area contributed by atoms with E-state index in [1.807, 2.05) is 0 Å². The molecule has 1 aliphatic heterocycles. The second-order valence-corrected chi connectivity index (χ2v) is 6.08. The number of carboxylic acids is 1. The van der Waals surface area contributed by atoms with Crippen LogP contribution in [0, 0.1) is 0 Å². The number of amides is 1. The molecule has 1 heterocycles. The molecular formula is C18H23NO6. The van der Waals surface area contributed by atoms with Gasteiger partial charge in [0.1, 0.15) is 11.3 Å². The molecule has 7 heteroatoms. The van der Waals surface area contributed by atoms with Gasteiger partial charge in [0.15, 0.2) is 5.78 Å². The van der Waals surface area contributed by atoms with Gasteiger partial charge in [-0.05, 0) is 37.6 Å². The standard InChI is InChI=1S/C18H23NO6/c1-13(20)14-4-6-15(7-5-14)25-10-2-3-16(21)19-18(17(22)23)8-11-24-12-9-18/h4-7H,2-3,8-12H2,1H3,(H,19,21)(H,22,23). The molecule has 0 bridgehead atoms. The number of nitrogens with one attached hydrogen (secondary N) is 1. The van der Waals surface area contributed by atoms with Gasteiger partial charge in [0.2, 0.25) is 5.91 Å². The van der Waals surface area contributed by atoms with Crippen LogP contribution >= 0.6 is 0 Å². The molecule has 1 aromatic rings. The molecular weight excluding hydrogens is 326 g/mol. The van der Waals surface area contributed by atoms with E-state index in [-0.39, 0.29) is 31.0 Å². The largest absolute Gasteiger partial charge is 0.494 e. The van der Waals surface area contributed by atoms with E-state index in [1.165, 1.54) is 6.92 Å². The van der Waals surface area contributed by atoms with Crippen LogP contribution in [0.15, 0.2) is 24.3 Å². The number of rotatable bonds is 8. The molecule has 0 spiro atoms. The number of carboxylic acid groups (broad SMARTS) is 1. The Kier molecular flexibility index (Phi) is 6.52. The Bertz CT molecular complexity index is 619. The van der Waals surface area contributed by atoms with Gasteiger partial charge in [-0.25, -0.2) is 4.79 Å². The number of aliphatic carboxylic acids is 1. The van der Waals surface area contributed by atoms with E-state index in [0.717, 1.165) is 0 Å². The number of ether oxygens (including phenoxy) is 2. The Hall–Kier alpha value is -2.41. The summed E-state index contributed by atoms with van der Waals surface area (Å²) < 4.78 is 10.7. The van der Waals surface area contributed by atoms with Gasteiger partial charge in [-0.15, -0.1) is 0 Å². The molecule has 7 nitrogen and oxygen atoms in total. The molecule has 1 aliphatic rings. The van der Waals surface area contributed by atoms with Crippen LogP contribution in [0.25, 0.3) is 0 Å². The summed E-state index contributed by atoms with van der Waals surface area (Å²) in [5.41, 5.74) is -0.610. The normalized spacial score (nSPS) is 16.0. The summed E-state index contributed by atoms with van der Waals surface area (Å²) in [6, 6.07) is 6.79. The average Bonchev–Trinajstić information content (AvgIpc) is 2.60. The van der Waals surface area contributed by atoms with Crippen LogP contribution in [0.4, 0.5) is 0 Å². The van der Waals surface area contributed by atoms with Crippen LogP contribution in [0.2, 0.25) is 0 Å². The van der Waals surface area contributed by atoms with Crippen LogP contribution < -0.4 is 10.1 Å². The van der Waals surface area contributed by atoms with Crippen LogP contribution in [0.1, 0.15) is 43.0 Å². The molecule has 0 saturated carbocycles. The van der Waals surface area contributed by atoms with Crippen molar-refractivity contribution in [2.75, 3.05) is 19.8 Å².